The predicted molar refractivity (Wildman–Crippen MR) is 48.9 cm³/mol. The Hall–Kier alpha value is -1.92. The lowest BCUT2D eigenvalue weighted by molar-refractivity contribution is -0.242. The number of carbonyl (C=O) groups excluding carboxylic acids is 1. The first kappa shape index (κ1) is 11.6. The summed E-state index contributed by atoms with van der Waals surface area (Å²) in [6, 6.07) is 3.67. The minimum Gasteiger partial charge on any atom is -0.465 e. The number of hydrogen-bond acceptors (Lipinski definition) is 4. The quantitative estimate of drug-likeness (QED) is 0.714. The minimum atomic E-state index is -4.62. The van der Waals surface area contributed by atoms with E-state index in [1.165, 1.54) is 19.2 Å². The van der Waals surface area contributed by atoms with Crippen LogP contribution in [0.15, 0.2) is 18.2 Å². The number of rotatable bonds is 1. The first-order valence-corrected chi connectivity index (χ1v) is 4.54. The minimum absolute atomic E-state index is 0.0556. The molecule has 0 fully saturated rings. The number of fused-ring (bicyclic) bond motifs is 1. The van der Waals surface area contributed by atoms with Crippen molar-refractivity contribution in [3.05, 3.63) is 23.8 Å². The topological polar surface area (TPSA) is 44.8 Å². The van der Waals surface area contributed by atoms with E-state index >= 15 is 0 Å². The van der Waals surface area contributed by atoms with Crippen LogP contribution in [0.1, 0.15) is 10.4 Å². The summed E-state index contributed by atoms with van der Waals surface area (Å²) >= 11 is 0. The molecular weight excluding hydrogens is 241 g/mol. The van der Waals surface area contributed by atoms with Gasteiger partial charge in [-0.05, 0) is 18.2 Å². The lowest BCUT2D eigenvalue weighted by atomic mass is 10.2. The highest BCUT2D eigenvalue weighted by Crippen LogP contribution is 2.40. The number of carbonyl (C=O) groups is 1. The molecule has 0 unspecified atom stereocenters. The van der Waals surface area contributed by atoms with Gasteiger partial charge in [0.2, 0.25) is 0 Å². The molecule has 1 aliphatic rings. The standard InChI is InChI=1S/C10H7F3O4/c1-15-8(14)5-2-3-6-7(4-5)17-9(16-6)10(11,12)13/h2-4,9H,1H3/t9-/m0/s1. The van der Waals surface area contributed by atoms with Gasteiger partial charge in [-0.15, -0.1) is 0 Å². The second-order valence-corrected chi connectivity index (χ2v) is 3.26. The predicted octanol–water partition coefficient (Wildman–Crippen LogP) is 2.13. The Morgan fingerprint density at radius 2 is 1.94 bits per heavy atom. The second kappa shape index (κ2) is 3.83. The van der Waals surface area contributed by atoms with Crippen LogP contribution in [-0.2, 0) is 4.74 Å². The fourth-order valence-corrected chi connectivity index (χ4v) is 1.33. The maximum absolute atomic E-state index is 12.3. The van der Waals surface area contributed by atoms with Crippen LogP contribution in [0.25, 0.3) is 0 Å². The Morgan fingerprint density at radius 1 is 1.29 bits per heavy atom. The lowest BCUT2D eigenvalue weighted by Gasteiger charge is -2.12. The van der Waals surface area contributed by atoms with Gasteiger partial charge in [-0.1, -0.05) is 0 Å². The fourth-order valence-electron chi connectivity index (χ4n) is 1.33. The molecule has 1 atom stereocenters. The van der Waals surface area contributed by atoms with E-state index in [0.717, 1.165) is 6.07 Å². The largest absolute Gasteiger partial charge is 0.465 e. The summed E-state index contributed by atoms with van der Waals surface area (Å²) in [5.41, 5.74) is 0.0951. The van der Waals surface area contributed by atoms with Crippen molar-refractivity contribution in [1.29, 1.82) is 0 Å². The third kappa shape index (κ3) is 2.13. The van der Waals surface area contributed by atoms with Gasteiger partial charge in [0.1, 0.15) is 0 Å². The summed E-state index contributed by atoms with van der Waals surface area (Å²) in [5, 5.41) is 0. The third-order valence-electron chi connectivity index (χ3n) is 2.10. The maximum atomic E-state index is 12.3. The molecule has 0 N–H and O–H groups in total. The van der Waals surface area contributed by atoms with E-state index in [4.69, 9.17) is 0 Å². The molecule has 4 nitrogen and oxygen atoms in total. The monoisotopic (exact) mass is 248 g/mol. The van der Waals surface area contributed by atoms with Gasteiger partial charge in [-0.2, -0.15) is 13.2 Å². The van der Waals surface area contributed by atoms with Gasteiger partial charge in [0.15, 0.2) is 11.5 Å². The molecule has 2 rings (SSSR count). The van der Waals surface area contributed by atoms with E-state index < -0.39 is 18.4 Å². The van der Waals surface area contributed by atoms with Gasteiger partial charge >= 0.3 is 18.4 Å². The molecule has 1 heterocycles. The number of alkyl halides is 3. The zero-order valence-corrected chi connectivity index (χ0v) is 8.58. The Balaban J connectivity index is 2.25. The van der Waals surface area contributed by atoms with Crippen molar-refractivity contribution in [3.8, 4) is 11.5 Å². The van der Waals surface area contributed by atoms with Crippen LogP contribution in [0.2, 0.25) is 0 Å². The van der Waals surface area contributed by atoms with Crippen LogP contribution in [0, 0.1) is 0 Å². The van der Waals surface area contributed by atoms with Crippen LogP contribution in [0.3, 0.4) is 0 Å². The molecule has 0 saturated carbocycles. The number of methoxy groups -OCH3 is 1. The molecule has 1 aromatic carbocycles. The molecule has 0 saturated heterocycles. The first-order chi connectivity index (χ1) is 7.91. The number of benzene rings is 1. The highest BCUT2D eigenvalue weighted by Gasteiger charge is 2.48. The van der Waals surface area contributed by atoms with E-state index in [0.29, 0.717) is 0 Å². The van der Waals surface area contributed by atoms with Gasteiger partial charge in [0.05, 0.1) is 12.7 Å². The molecule has 17 heavy (non-hydrogen) atoms. The van der Waals surface area contributed by atoms with Crippen molar-refractivity contribution < 1.29 is 32.2 Å². The van der Waals surface area contributed by atoms with Crippen molar-refractivity contribution in [2.75, 3.05) is 7.11 Å². The SMILES string of the molecule is COC(=O)c1ccc2c(c1)O[C@@H](C(F)(F)F)O2. The molecule has 0 aromatic heterocycles. The number of ether oxygens (including phenoxy) is 3. The summed E-state index contributed by atoms with van der Waals surface area (Å²) in [4.78, 5) is 11.2. The van der Waals surface area contributed by atoms with Gasteiger partial charge in [0, 0.05) is 0 Å². The average molecular weight is 248 g/mol. The van der Waals surface area contributed by atoms with Gasteiger partial charge in [-0.3, -0.25) is 0 Å². The highest BCUT2D eigenvalue weighted by atomic mass is 19.4. The van der Waals surface area contributed by atoms with E-state index in [2.05, 4.69) is 14.2 Å². The maximum Gasteiger partial charge on any atom is 0.464 e. The summed E-state index contributed by atoms with van der Waals surface area (Å²) in [5.74, 6) is -0.845. The Labute approximate surface area is 93.9 Å². The van der Waals surface area contributed by atoms with E-state index in [-0.39, 0.29) is 17.1 Å². The summed E-state index contributed by atoms with van der Waals surface area (Å²) in [6.07, 6.45) is -6.95. The molecule has 0 bridgehead atoms. The van der Waals surface area contributed by atoms with E-state index in [9.17, 15) is 18.0 Å². The van der Waals surface area contributed by atoms with Crippen LogP contribution < -0.4 is 9.47 Å². The number of halogens is 3. The molecular formula is C10H7F3O4. The molecule has 0 radical (unpaired) electrons. The van der Waals surface area contributed by atoms with E-state index in [1.54, 1.807) is 0 Å². The van der Waals surface area contributed by atoms with Gasteiger partial charge in [-0.25, -0.2) is 4.79 Å². The molecule has 7 heteroatoms. The Morgan fingerprint density at radius 3 is 2.53 bits per heavy atom. The summed E-state index contributed by atoms with van der Waals surface area (Å²) < 4.78 is 50.5. The zero-order valence-electron chi connectivity index (χ0n) is 8.58. The summed E-state index contributed by atoms with van der Waals surface area (Å²) in [6.45, 7) is 0. The first-order valence-electron chi connectivity index (χ1n) is 4.54. The average Bonchev–Trinajstić information content (AvgIpc) is 2.70. The zero-order chi connectivity index (χ0) is 12.6. The third-order valence-corrected chi connectivity index (χ3v) is 2.10. The van der Waals surface area contributed by atoms with Crippen molar-refractivity contribution in [2.24, 2.45) is 0 Å². The molecule has 1 aliphatic heterocycles. The normalized spacial score (nSPS) is 18.0. The molecule has 1 aromatic rings. The van der Waals surface area contributed by atoms with Crippen LogP contribution in [0.5, 0.6) is 11.5 Å². The fraction of sp³-hybridized carbons (Fsp3) is 0.300. The van der Waals surface area contributed by atoms with Crippen LogP contribution in [0.4, 0.5) is 13.2 Å². The molecule has 0 spiro atoms. The van der Waals surface area contributed by atoms with Gasteiger partial charge in [0.25, 0.3) is 0 Å². The van der Waals surface area contributed by atoms with Crippen LogP contribution >= 0.6 is 0 Å². The number of esters is 1. The molecule has 92 valence electrons. The highest BCUT2D eigenvalue weighted by molar-refractivity contribution is 5.90. The Kier molecular flexibility index (Phi) is 2.60. The number of hydrogen-bond donors (Lipinski definition) is 0. The van der Waals surface area contributed by atoms with Crippen molar-refractivity contribution in [2.45, 2.75) is 12.5 Å². The molecule has 0 amide bonds. The Bertz CT molecular complexity index is 455. The molecule has 0 aliphatic carbocycles. The summed E-state index contributed by atoms with van der Waals surface area (Å²) in [7, 11) is 1.17. The lowest BCUT2D eigenvalue weighted by Crippen LogP contribution is -2.35. The van der Waals surface area contributed by atoms with Crippen molar-refractivity contribution in [3.63, 3.8) is 0 Å². The van der Waals surface area contributed by atoms with E-state index in [1.807, 2.05) is 0 Å². The van der Waals surface area contributed by atoms with Crippen LogP contribution in [-0.4, -0.2) is 25.5 Å². The van der Waals surface area contributed by atoms with Gasteiger partial charge < -0.3 is 14.2 Å². The second-order valence-electron chi connectivity index (χ2n) is 3.26. The van der Waals surface area contributed by atoms with Crippen molar-refractivity contribution >= 4 is 5.97 Å². The smallest absolute Gasteiger partial charge is 0.464 e. The van der Waals surface area contributed by atoms with Crippen molar-refractivity contribution in [1.82, 2.24) is 0 Å².